The van der Waals surface area contributed by atoms with Crippen LogP contribution in [-0.4, -0.2) is 64.8 Å². The zero-order valence-corrected chi connectivity index (χ0v) is 21.3. The van der Waals surface area contributed by atoms with Gasteiger partial charge in [-0.1, -0.05) is 61.5 Å². The van der Waals surface area contributed by atoms with Crippen molar-refractivity contribution in [2.45, 2.75) is 39.1 Å². The summed E-state index contributed by atoms with van der Waals surface area (Å²) in [6.07, 6.45) is -0.150. The summed E-state index contributed by atoms with van der Waals surface area (Å²) in [7, 11) is 2.04. The van der Waals surface area contributed by atoms with E-state index in [9.17, 15) is 15.0 Å². The highest BCUT2D eigenvalue weighted by Crippen LogP contribution is 2.31. The molecule has 0 unspecified atom stereocenters. The van der Waals surface area contributed by atoms with Crippen LogP contribution in [-0.2, 0) is 17.9 Å². The van der Waals surface area contributed by atoms with Crippen molar-refractivity contribution in [1.82, 2.24) is 9.80 Å². The second-order valence-electron chi connectivity index (χ2n) is 9.89. The molecular formula is C30H36N2O4. The minimum atomic E-state index is -0.324. The van der Waals surface area contributed by atoms with E-state index in [-0.39, 0.29) is 36.3 Å². The lowest BCUT2D eigenvalue weighted by molar-refractivity contribution is -0.0241. The number of likely N-dealkylation sites (N-methyl/N-ethyl adjacent to an activating group) is 1. The number of carbonyl (C=O) groups is 1. The Morgan fingerprint density at radius 3 is 2.44 bits per heavy atom. The summed E-state index contributed by atoms with van der Waals surface area (Å²) in [4.78, 5) is 17.8. The lowest BCUT2D eigenvalue weighted by Crippen LogP contribution is -2.47. The molecule has 0 bridgehead atoms. The van der Waals surface area contributed by atoms with E-state index in [1.165, 1.54) is 0 Å². The van der Waals surface area contributed by atoms with Crippen LogP contribution in [0.5, 0.6) is 5.75 Å². The Morgan fingerprint density at radius 1 is 1.03 bits per heavy atom. The van der Waals surface area contributed by atoms with E-state index in [1.54, 1.807) is 17.0 Å². The van der Waals surface area contributed by atoms with Crippen LogP contribution < -0.4 is 0 Å². The van der Waals surface area contributed by atoms with Crippen molar-refractivity contribution in [2.24, 2.45) is 5.92 Å². The Kier molecular flexibility index (Phi) is 8.41. The van der Waals surface area contributed by atoms with Crippen LogP contribution in [0.4, 0.5) is 0 Å². The van der Waals surface area contributed by atoms with Gasteiger partial charge in [-0.2, -0.15) is 0 Å². The predicted molar refractivity (Wildman–Crippen MR) is 142 cm³/mol. The fraction of sp³-hybridized carbons (Fsp3) is 0.367. The number of carbonyl (C=O) groups excluding carboxylic acids is 1. The molecule has 0 spiro atoms. The van der Waals surface area contributed by atoms with Gasteiger partial charge in [-0.05, 0) is 54.4 Å². The summed E-state index contributed by atoms with van der Waals surface area (Å²) in [5, 5.41) is 19.8. The first-order chi connectivity index (χ1) is 17.4. The van der Waals surface area contributed by atoms with Gasteiger partial charge in [0.05, 0.1) is 25.4 Å². The minimum absolute atomic E-state index is 0.0204. The second-order valence-corrected chi connectivity index (χ2v) is 9.89. The molecular weight excluding hydrogens is 452 g/mol. The summed E-state index contributed by atoms with van der Waals surface area (Å²) in [5.74, 6) is 0.193. The van der Waals surface area contributed by atoms with E-state index >= 15 is 0 Å². The zero-order valence-electron chi connectivity index (χ0n) is 21.3. The highest BCUT2D eigenvalue weighted by Gasteiger charge is 2.30. The van der Waals surface area contributed by atoms with Crippen LogP contribution in [0.15, 0.2) is 72.8 Å². The predicted octanol–water partition coefficient (Wildman–Crippen LogP) is 4.55. The molecule has 0 fully saturated rings. The number of ether oxygens (including phenoxy) is 1. The number of aliphatic hydroxyl groups excluding tert-OH is 1. The van der Waals surface area contributed by atoms with Crippen molar-refractivity contribution >= 4 is 5.91 Å². The topological polar surface area (TPSA) is 73.2 Å². The Hall–Kier alpha value is -3.19. The number of hydrogen-bond acceptors (Lipinski definition) is 5. The molecule has 2 N–H and O–H groups in total. The first-order valence-corrected chi connectivity index (χ1v) is 12.5. The Labute approximate surface area is 213 Å². The average Bonchev–Trinajstić information content (AvgIpc) is 2.89. The summed E-state index contributed by atoms with van der Waals surface area (Å²) < 4.78 is 6.57. The molecule has 36 heavy (non-hydrogen) atoms. The second kappa shape index (κ2) is 11.7. The first-order valence-electron chi connectivity index (χ1n) is 12.5. The molecule has 3 atom stereocenters. The molecule has 1 aliphatic rings. The third-order valence-corrected chi connectivity index (χ3v) is 6.95. The highest BCUT2D eigenvalue weighted by atomic mass is 16.5. The van der Waals surface area contributed by atoms with Gasteiger partial charge in [0.2, 0.25) is 0 Å². The van der Waals surface area contributed by atoms with Gasteiger partial charge >= 0.3 is 0 Å². The summed E-state index contributed by atoms with van der Waals surface area (Å²) in [5.41, 5.74) is 4.56. The highest BCUT2D eigenvalue weighted by molar-refractivity contribution is 6.01. The monoisotopic (exact) mass is 488 g/mol. The smallest absolute Gasteiger partial charge is 0.254 e. The Balaban J connectivity index is 1.67. The van der Waals surface area contributed by atoms with E-state index < -0.39 is 0 Å². The molecule has 6 nitrogen and oxygen atoms in total. The zero-order chi connectivity index (χ0) is 25.7. The average molecular weight is 489 g/mol. The molecule has 0 saturated heterocycles. The lowest BCUT2D eigenvalue weighted by atomic mass is 9.94. The summed E-state index contributed by atoms with van der Waals surface area (Å²) in [6, 6.07) is 22.7. The maximum Gasteiger partial charge on any atom is 0.254 e. The van der Waals surface area contributed by atoms with Crippen LogP contribution in [0, 0.1) is 5.92 Å². The van der Waals surface area contributed by atoms with Gasteiger partial charge in [0.15, 0.2) is 0 Å². The first kappa shape index (κ1) is 25.9. The van der Waals surface area contributed by atoms with Crippen molar-refractivity contribution in [3.8, 4) is 16.9 Å². The van der Waals surface area contributed by atoms with E-state index in [4.69, 9.17) is 4.74 Å². The maximum atomic E-state index is 13.9. The molecule has 1 amide bonds. The van der Waals surface area contributed by atoms with Gasteiger partial charge in [-0.25, -0.2) is 0 Å². The van der Waals surface area contributed by atoms with Crippen molar-refractivity contribution < 1.29 is 19.7 Å². The van der Waals surface area contributed by atoms with Crippen LogP contribution in [0.3, 0.4) is 0 Å². The van der Waals surface area contributed by atoms with Gasteiger partial charge in [0.25, 0.3) is 5.91 Å². The van der Waals surface area contributed by atoms with Crippen LogP contribution in [0.1, 0.15) is 35.3 Å². The van der Waals surface area contributed by atoms with E-state index in [0.717, 1.165) is 22.3 Å². The standard InChI is InChI=1S/C30H36N2O4/c1-21-16-32(22(2)19-33)30(35)28-14-7-6-13-27(28)26-12-5-4-10-24(26)20-36-29(21)18-31(3)17-23-9-8-11-25(34)15-23/h4-15,21-22,29,33-34H,16-20H2,1-3H3/t21-,22+,29-/m1/s1. The minimum Gasteiger partial charge on any atom is -0.508 e. The maximum absolute atomic E-state index is 13.9. The van der Waals surface area contributed by atoms with E-state index in [1.807, 2.05) is 68.6 Å². The van der Waals surface area contributed by atoms with Crippen LogP contribution >= 0.6 is 0 Å². The number of rotatable bonds is 6. The quantitative estimate of drug-likeness (QED) is 0.533. The normalized spacial score (nSPS) is 19.4. The molecule has 4 rings (SSSR count). The van der Waals surface area contributed by atoms with Gasteiger partial charge in [0, 0.05) is 31.1 Å². The third kappa shape index (κ3) is 5.95. The number of amides is 1. The number of nitrogens with zero attached hydrogens (tertiary/aromatic N) is 2. The molecule has 0 saturated carbocycles. The summed E-state index contributed by atoms with van der Waals surface area (Å²) >= 11 is 0. The third-order valence-electron chi connectivity index (χ3n) is 6.95. The lowest BCUT2D eigenvalue weighted by Gasteiger charge is -2.35. The number of benzene rings is 3. The fourth-order valence-corrected chi connectivity index (χ4v) is 4.89. The molecule has 0 radical (unpaired) electrons. The number of hydrogen-bond donors (Lipinski definition) is 2. The molecule has 0 aromatic heterocycles. The number of fused-ring (bicyclic) bond motifs is 3. The molecule has 1 aliphatic heterocycles. The molecule has 190 valence electrons. The van der Waals surface area contributed by atoms with E-state index in [0.29, 0.717) is 31.8 Å². The number of aromatic hydroxyl groups is 1. The number of phenols is 1. The largest absolute Gasteiger partial charge is 0.508 e. The van der Waals surface area contributed by atoms with E-state index in [2.05, 4.69) is 17.9 Å². The van der Waals surface area contributed by atoms with Crippen molar-refractivity contribution in [2.75, 3.05) is 26.7 Å². The van der Waals surface area contributed by atoms with Crippen molar-refractivity contribution in [1.29, 1.82) is 0 Å². The van der Waals surface area contributed by atoms with Gasteiger partial charge in [-0.15, -0.1) is 0 Å². The van der Waals surface area contributed by atoms with Gasteiger partial charge in [-0.3, -0.25) is 9.69 Å². The summed E-state index contributed by atoms with van der Waals surface area (Å²) in [6.45, 7) is 6.09. The molecule has 6 heteroatoms. The van der Waals surface area contributed by atoms with Gasteiger partial charge in [0.1, 0.15) is 5.75 Å². The van der Waals surface area contributed by atoms with Crippen molar-refractivity contribution in [3.05, 3.63) is 89.5 Å². The van der Waals surface area contributed by atoms with Gasteiger partial charge < -0.3 is 19.8 Å². The molecule has 3 aromatic rings. The number of phenolic OH excluding ortho intramolecular Hbond substituents is 1. The van der Waals surface area contributed by atoms with Crippen LogP contribution in [0.2, 0.25) is 0 Å². The Morgan fingerprint density at radius 2 is 1.72 bits per heavy atom. The Bertz CT molecular complexity index is 1180. The van der Waals surface area contributed by atoms with Crippen LogP contribution in [0.25, 0.3) is 11.1 Å². The van der Waals surface area contributed by atoms with Crippen molar-refractivity contribution in [3.63, 3.8) is 0 Å². The molecule has 3 aromatic carbocycles. The molecule has 0 aliphatic carbocycles. The number of aliphatic hydroxyl groups is 1. The fourth-order valence-electron chi connectivity index (χ4n) is 4.89. The molecule has 1 heterocycles. The SMILES string of the molecule is C[C@@H]1CN([C@@H](C)CO)C(=O)c2ccccc2-c2ccccc2CO[C@@H]1CN(C)Cc1cccc(O)c1.